The van der Waals surface area contributed by atoms with E-state index in [1.807, 2.05) is 22.6 Å². The van der Waals surface area contributed by atoms with Crippen LogP contribution in [0.3, 0.4) is 0 Å². The number of barbiturate groups is 1. The van der Waals surface area contributed by atoms with E-state index >= 15 is 0 Å². The second-order valence-corrected chi connectivity index (χ2v) is 7.83. The van der Waals surface area contributed by atoms with Gasteiger partial charge in [-0.1, -0.05) is 22.0 Å². The number of nitrogens with one attached hydrogen (secondary N) is 1. The van der Waals surface area contributed by atoms with Gasteiger partial charge in [-0.3, -0.25) is 25.0 Å². The van der Waals surface area contributed by atoms with Crippen LogP contribution in [0.5, 0.6) is 5.75 Å². The van der Waals surface area contributed by atoms with Crippen molar-refractivity contribution in [2.24, 2.45) is 0 Å². The van der Waals surface area contributed by atoms with E-state index in [0.29, 0.717) is 8.04 Å². The van der Waals surface area contributed by atoms with Gasteiger partial charge in [-0.25, -0.2) is 9.69 Å². The monoisotopic (exact) mass is 571 g/mol. The molecule has 3 rings (SSSR count). The van der Waals surface area contributed by atoms with E-state index < -0.39 is 22.8 Å². The Labute approximate surface area is 186 Å². The summed E-state index contributed by atoms with van der Waals surface area (Å²) in [6.45, 7) is 0. The number of nitro benzene ring substituents is 1. The minimum Gasteiger partial charge on any atom is -0.489 e. The van der Waals surface area contributed by atoms with Crippen molar-refractivity contribution in [1.82, 2.24) is 5.32 Å². The van der Waals surface area contributed by atoms with Gasteiger partial charge in [0.1, 0.15) is 5.57 Å². The lowest BCUT2D eigenvalue weighted by molar-refractivity contribution is -0.385. The van der Waals surface area contributed by atoms with Crippen molar-refractivity contribution in [3.8, 4) is 5.75 Å². The molecule has 9 nitrogen and oxygen atoms in total. The highest BCUT2D eigenvalue weighted by atomic mass is 127. The van der Waals surface area contributed by atoms with E-state index in [1.54, 1.807) is 18.2 Å². The van der Waals surface area contributed by atoms with Crippen LogP contribution in [-0.2, 0) is 9.59 Å². The zero-order valence-corrected chi connectivity index (χ0v) is 18.4. The Morgan fingerprint density at radius 1 is 1.24 bits per heavy atom. The van der Waals surface area contributed by atoms with Crippen LogP contribution in [0.4, 0.5) is 16.2 Å². The van der Waals surface area contributed by atoms with E-state index in [-0.39, 0.29) is 28.3 Å². The smallest absolute Gasteiger partial charge is 0.335 e. The summed E-state index contributed by atoms with van der Waals surface area (Å²) in [7, 11) is 1.31. The van der Waals surface area contributed by atoms with Crippen LogP contribution in [-0.4, -0.2) is 29.9 Å². The summed E-state index contributed by atoms with van der Waals surface area (Å²) < 4.78 is 6.11. The molecule has 0 radical (unpaired) electrons. The molecule has 148 valence electrons. The molecule has 1 aliphatic heterocycles. The number of imide groups is 2. The SMILES string of the molecule is COc1c(I)cc(/C=C2\C(=O)NC(=O)N(c3cccc(Br)c3)C2=O)cc1[N+](=O)[O-]. The first-order valence-electron chi connectivity index (χ1n) is 7.92. The summed E-state index contributed by atoms with van der Waals surface area (Å²) in [5, 5.41) is 13.4. The molecule has 1 heterocycles. The number of anilines is 1. The van der Waals surface area contributed by atoms with Crippen LogP contribution in [0.15, 0.2) is 46.4 Å². The van der Waals surface area contributed by atoms with Crippen molar-refractivity contribution < 1.29 is 24.0 Å². The molecule has 0 bridgehead atoms. The maximum atomic E-state index is 12.9. The van der Waals surface area contributed by atoms with Gasteiger partial charge in [-0.15, -0.1) is 0 Å². The van der Waals surface area contributed by atoms with Gasteiger partial charge in [-0.2, -0.15) is 0 Å². The number of urea groups is 1. The van der Waals surface area contributed by atoms with Crippen molar-refractivity contribution in [1.29, 1.82) is 0 Å². The molecule has 0 atom stereocenters. The van der Waals surface area contributed by atoms with Gasteiger partial charge in [0.05, 0.1) is 21.3 Å². The standard InChI is InChI=1S/C18H11BrIN3O6/c1-29-15-13(20)6-9(7-14(15)23(27)28)5-12-16(24)21-18(26)22(17(12)25)11-4-2-3-10(19)8-11/h2-8H,1H3,(H,21,24,26)/b12-5+. The Kier molecular flexibility index (Phi) is 5.98. The van der Waals surface area contributed by atoms with Gasteiger partial charge < -0.3 is 4.74 Å². The maximum Gasteiger partial charge on any atom is 0.335 e. The number of hydrogen-bond donors (Lipinski definition) is 1. The zero-order valence-electron chi connectivity index (χ0n) is 14.6. The Hall–Kier alpha value is -2.80. The van der Waals surface area contributed by atoms with Crippen LogP contribution in [0.2, 0.25) is 0 Å². The molecule has 0 spiro atoms. The molecular weight excluding hydrogens is 561 g/mol. The predicted octanol–water partition coefficient (Wildman–Crippen LogP) is 3.64. The van der Waals surface area contributed by atoms with Crippen molar-refractivity contribution in [2.45, 2.75) is 0 Å². The van der Waals surface area contributed by atoms with Gasteiger partial charge in [0.2, 0.25) is 5.75 Å². The molecule has 2 aromatic rings. The largest absolute Gasteiger partial charge is 0.489 e. The Morgan fingerprint density at radius 3 is 2.59 bits per heavy atom. The Bertz CT molecular complexity index is 1100. The fourth-order valence-electron chi connectivity index (χ4n) is 2.69. The fraction of sp³-hybridized carbons (Fsp3) is 0.0556. The van der Waals surface area contributed by atoms with Gasteiger partial charge in [0.25, 0.3) is 11.8 Å². The number of amides is 4. The third-order valence-electron chi connectivity index (χ3n) is 3.93. The number of nitro groups is 1. The molecule has 2 aromatic carbocycles. The van der Waals surface area contributed by atoms with E-state index in [2.05, 4.69) is 21.2 Å². The van der Waals surface area contributed by atoms with E-state index in [0.717, 1.165) is 4.90 Å². The number of benzene rings is 2. The van der Waals surface area contributed by atoms with Crippen molar-refractivity contribution in [2.75, 3.05) is 12.0 Å². The highest BCUT2D eigenvalue weighted by Gasteiger charge is 2.37. The van der Waals surface area contributed by atoms with Crippen LogP contribution in [0.1, 0.15) is 5.56 Å². The summed E-state index contributed by atoms with van der Waals surface area (Å²) in [5.41, 5.74) is -0.144. The van der Waals surface area contributed by atoms with E-state index in [4.69, 9.17) is 4.74 Å². The maximum absolute atomic E-state index is 12.9. The second kappa shape index (κ2) is 8.29. The Balaban J connectivity index is 2.09. The summed E-state index contributed by atoms with van der Waals surface area (Å²) in [4.78, 5) is 48.9. The number of ether oxygens (including phenoxy) is 1. The minimum atomic E-state index is -0.889. The van der Waals surface area contributed by atoms with Gasteiger partial charge >= 0.3 is 11.7 Å². The number of nitrogens with zero attached hydrogens (tertiary/aromatic N) is 2. The number of methoxy groups -OCH3 is 1. The summed E-state index contributed by atoms with van der Waals surface area (Å²) >= 11 is 5.12. The summed E-state index contributed by atoms with van der Waals surface area (Å²) in [5.74, 6) is -1.66. The van der Waals surface area contributed by atoms with E-state index in [1.165, 1.54) is 31.4 Å². The third-order valence-corrected chi connectivity index (χ3v) is 5.22. The normalized spacial score (nSPS) is 15.5. The molecule has 11 heteroatoms. The molecular formula is C18H11BrIN3O6. The first-order valence-corrected chi connectivity index (χ1v) is 9.79. The number of carbonyl (C=O) groups excluding carboxylic acids is 3. The van der Waals surface area contributed by atoms with Gasteiger partial charge in [0.15, 0.2) is 0 Å². The molecule has 0 saturated carbocycles. The minimum absolute atomic E-state index is 0.0723. The molecule has 29 heavy (non-hydrogen) atoms. The molecule has 4 amide bonds. The Morgan fingerprint density at radius 2 is 1.97 bits per heavy atom. The molecule has 1 saturated heterocycles. The highest BCUT2D eigenvalue weighted by molar-refractivity contribution is 14.1. The number of carbonyl (C=O) groups is 3. The molecule has 0 aromatic heterocycles. The zero-order chi connectivity index (χ0) is 21.3. The van der Waals surface area contributed by atoms with Crippen LogP contribution < -0.4 is 15.0 Å². The molecule has 1 N–H and O–H groups in total. The first-order chi connectivity index (χ1) is 13.7. The topological polar surface area (TPSA) is 119 Å². The molecule has 1 aliphatic rings. The van der Waals surface area contributed by atoms with Crippen molar-refractivity contribution in [3.05, 3.63) is 65.7 Å². The van der Waals surface area contributed by atoms with Crippen molar-refractivity contribution >= 4 is 73.8 Å². The number of hydrogen-bond acceptors (Lipinski definition) is 6. The number of halogens is 2. The van der Waals surface area contributed by atoms with Crippen molar-refractivity contribution in [3.63, 3.8) is 0 Å². The lowest BCUT2D eigenvalue weighted by Gasteiger charge is -2.26. The molecule has 1 fully saturated rings. The molecule has 0 unspecified atom stereocenters. The quantitative estimate of drug-likeness (QED) is 0.197. The van der Waals surface area contributed by atoms with E-state index in [9.17, 15) is 24.5 Å². The molecule has 0 aliphatic carbocycles. The predicted molar refractivity (Wildman–Crippen MR) is 116 cm³/mol. The van der Waals surface area contributed by atoms with Crippen LogP contribution in [0, 0.1) is 13.7 Å². The van der Waals surface area contributed by atoms with Crippen LogP contribution in [0.25, 0.3) is 6.08 Å². The van der Waals surface area contributed by atoms with Crippen LogP contribution >= 0.6 is 38.5 Å². The lowest BCUT2D eigenvalue weighted by Crippen LogP contribution is -2.54. The van der Waals surface area contributed by atoms with Gasteiger partial charge in [0, 0.05) is 10.5 Å². The first kappa shape index (κ1) is 20.9. The lowest BCUT2D eigenvalue weighted by atomic mass is 10.1. The summed E-state index contributed by atoms with van der Waals surface area (Å²) in [6.07, 6.45) is 1.20. The highest BCUT2D eigenvalue weighted by Crippen LogP contribution is 2.34. The summed E-state index contributed by atoms with van der Waals surface area (Å²) in [6, 6.07) is 8.27. The number of rotatable bonds is 4. The van der Waals surface area contributed by atoms with Gasteiger partial charge in [-0.05, 0) is 58.5 Å². The average molecular weight is 572 g/mol. The average Bonchev–Trinajstić information content (AvgIpc) is 2.64. The second-order valence-electron chi connectivity index (χ2n) is 5.75. The fourth-order valence-corrected chi connectivity index (χ4v) is 3.94. The third kappa shape index (κ3) is 4.15.